The molecule has 1 nitrogen and oxygen atoms in total. The van der Waals surface area contributed by atoms with Crippen LogP contribution in [0.5, 0.6) is 0 Å². The van der Waals surface area contributed by atoms with Crippen molar-refractivity contribution in [3.63, 3.8) is 0 Å². The minimum atomic E-state index is -2.18. The summed E-state index contributed by atoms with van der Waals surface area (Å²) in [6.45, 7) is 7.09. The molecule has 1 aromatic rings. The van der Waals surface area contributed by atoms with Crippen molar-refractivity contribution >= 4 is 32.6 Å². The third-order valence-electron chi connectivity index (χ3n) is 5.53. The Bertz CT molecular complexity index is 403. The first-order valence-electron chi connectivity index (χ1n) is 9.72. The summed E-state index contributed by atoms with van der Waals surface area (Å²) in [7, 11) is 0. The topological polar surface area (TPSA) is 12.9 Å². The van der Waals surface area contributed by atoms with Crippen molar-refractivity contribution in [2.75, 3.05) is 0 Å². The molecule has 0 bridgehead atoms. The van der Waals surface area contributed by atoms with Crippen LogP contribution < -0.4 is 2.89 Å². The summed E-state index contributed by atoms with van der Waals surface area (Å²) in [6.07, 6.45) is 15.1. The average molecular weight is 428 g/mol. The second-order valence-electron chi connectivity index (χ2n) is 7.28. The van der Waals surface area contributed by atoms with Gasteiger partial charge in [0.2, 0.25) is 0 Å². The number of unbranched alkanes of at least 4 members (excludes halogenated alkanes) is 3. The van der Waals surface area contributed by atoms with E-state index in [0.717, 1.165) is 5.92 Å². The summed E-state index contributed by atoms with van der Waals surface area (Å²) >= 11 is -0.0178. The van der Waals surface area contributed by atoms with Crippen molar-refractivity contribution in [1.29, 1.82) is 0 Å². The molecule has 1 saturated carbocycles. The fourth-order valence-corrected chi connectivity index (χ4v) is 23.6. The van der Waals surface area contributed by atoms with Crippen molar-refractivity contribution in [1.82, 2.24) is 4.98 Å². The van der Waals surface area contributed by atoms with E-state index < -0.39 is 18.4 Å². The minimum absolute atomic E-state index is 0.825. The summed E-state index contributed by atoms with van der Waals surface area (Å²) in [5.74, 6) is 0.825. The fourth-order valence-electron chi connectivity index (χ4n) is 3.67. The molecular weight excluding hydrogens is 393 g/mol. The van der Waals surface area contributed by atoms with E-state index in [1.165, 1.54) is 62.8 Å². The van der Waals surface area contributed by atoms with Gasteiger partial charge in [0.15, 0.2) is 0 Å². The number of hydrogen-bond acceptors (Lipinski definition) is 2. The molecule has 0 spiro atoms. The maximum absolute atomic E-state index is 4.90. The predicted octanol–water partition coefficient (Wildman–Crippen LogP) is 6.47. The molecule has 1 fully saturated rings. The first kappa shape index (κ1) is 18.8. The fraction of sp³-hybridized carbons (Fsp3) is 0.842. The predicted molar refractivity (Wildman–Crippen MR) is 103 cm³/mol. The molecule has 0 aromatic carbocycles. The summed E-state index contributed by atoms with van der Waals surface area (Å²) in [5.41, 5.74) is 0. The van der Waals surface area contributed by atoms with Gasteiger partial charge >= 0.3 is 147 Å². The summed E-state index contributed by atoms with van der Waals surface area (Å²) in [4.78, 5) is 4.90. The van der Waals surface area contributed by atoms with Gasteiger partial charge in [-0.1, -0.05) is 0 Å². The molecule has 0 N–H and O–H groups in total. The van der Waals surface area contributed by atoms with Crippen LogP contribution in [0, 0.1) is 0 Å². The van der Waals surface area contributed by atoms with Crippen molar-refractivity contribution in [3.05, 3.63) is 11.2 Å². The van der Waals surface area contributed by atoms with Gasteiger partial charge in [0.1, 0.15) is 0 Å². The van der Waals surface area contributed by atoms with E-state index in [2.05, 4.69) is 38.3 Å². The molecule has 1 aliphatic carbocycles. The number of rotatable bonds is 11. The van der Waals surface area contributed by atoms with Crippen LogP contribution in [-0.2, 0) is 0 Å². The Morgan fingerprint density at radius 1 is 1.00 bits per heavy atom. The standard InChI is InChI=1S/C7H8NS.3C4H9.Sn/c1-2-6(3-1)7-8-4-5-9-7;3*1-3-4-2;/h4,6H,1-3H2;3*1,3-4H2,2H3;. The molecule has 1 heterocycles. The van der Waals surface area contributed by atoms with Crippen molar-refractivity contribution in [2.45, 2.75) is 97.8 Å². The Morgan fingerprint density at radius 2 is 1.55 bits per heavy atom. The molecule has 0 unspecified atom stereocenters. The molecular formula is C19H35NSSn. The normalized spacial score (nSPS) is 16.0. The second kappa shape index (κ2) is 9.66. The zero-order chi connectivity index (χ0) is 15.8. The number of aromatic nitrogens is 1. The van der Waals surface area contributed by atoms with E-state index in [1.807, 2.05) is 2.89 Å². The molecule has 0 atom stereocenters. The number of thiazole rings is 1. The Morgan fingerprint density at radius 3 is 1.95 bits per heavy atom. The van der Waals surface area contributed by atoms with Crippen LogP contribution >= 0.6 is 11.3 Å². The van der Waals surface area contributed by atoms with Crippen molar-refractivity contribution < 1.29 is 0 Å². The van der Waals surface area contributed by atoms with E-state index in [4.69, 9.17) is 4.98 Å². The third-order valence-corrected chi connectivity index (χ3v) is 24.9. The molecule has 2 rings (SSSR count). The molecule has 22 heavy (non-hydrogen) atoms. The van der Waals surface area contributed by atoms with Crippen molar-refractivity contribution in [3.8, 4) is 0 Å². The zero-order valence-corrected chi connectivity index (χ0v) is 18.7. The van der Waals surface area contributed by atoms with Gasteiger partial charge in [0.05, 0.1) is 0 Å². The van der Waals surface area contributed by atoms with E-state index in [0.29, 0.717) is 0 Å². The molecule has 0 amide bonds. The summed E-state index contributed by atoms with van der Waals surface area (Å²) < 4.78 is 6.57. The van der Waals surface area contributed by atoms with Crippen LogP contribution in [-0.4, -0.2) is 23.4 Å². The molecule has 0 radical (unpaired) electrons. The zero-order valence-electron chi connectivity index (χ0n) is 15.0. The Labute approximate surface area is 146 Å². The summed E-state index contributed by atoms with van der Waals surface area (Å²) in [5, 5.41) is 1.49. The molecule has 1 aromatic heterocycles. The van der Waals surface area contributed by atoms with Crippen LogP contribution in [0.1, 0.15) is 89.5 Å². The summed E-state index contributed by atoms with van der Waals surface area (Å²) in [6, 6.07) is 0. The monoisotopic (exact) mass is 429 g/mol. The van der Waals surface area contributed by atoms with Crippen LogP contribution in [0.3, 0.4) is 0 Å². The van der Waals surface area contributed by atoms with Crippen molar-refractivity contribution in [2.24, 2.45) is 0 Å². The van der Waals surface area contributed by atoms with Crippen LogP contribution in [0.15, 0.2) is 6.20 Å². The van der Waals surface area contributed by atoms with Crippen LogP contribution in [0.2, 0.25) is 13.3 Å². The van der Waals surface area contributed by atoms with Gasteiger partial charge in [0.25, 0.3) is 0 Å². The van der Waals surface area contributed by atoms with E-state index >= 15 is 0 Å². The average Bonchev–Trinajstić information content (AvgIpc) is 2.95. The molecule has 126 valence electrons. The van der Waals surface area contributed by atoms with E-state index in [9.17, 15) is 0 Å². The van der Waals surface area contributed by atoms with Gasteiger partial charge in [-0.25, -0.2) is 0 Å². The second-order valence-corrected chi connectivity index (χ2v) is 22.5. The Balaban J connectivity index is 2.19. The first-order valence-corrected chi connectivity index (χ1v) is 18.0. The number of hydrogen-bond donors (Lipinski definition) is 0. The molecule has 3 heteroatoms. The molecule has 0 saturated heterocycles. The van der Waals surface area contributed by atoms with Gasteiger partial charge in [-0.15, -0.1) is 0 Å². The SMILES string of the molecule is CCC[CH2][Sn]([CH2]CCC)([CH2]CCC)[c]1cnc(C2CCC2)s1. The van der Waals surface area contributed by atoms with Gasteiger partial charge in [-0.05, 0) is 0 Å². The first-order chi connectivity index (χ1) is 10.8. The number of nitrogens with zero attached hydrogens (tertiary/aromatic N) is 1. The Hall–Kier alpha value is 0.429. The van der Waals surface area contributed by atoms with Gasteiger partial charge < -0.3 is 0 Å². The van der Waals surface area contributed by atoms with E-state index in [-0.39, 0.29) is 0 Å². The van der Waals surface area contributed by atoms with Gasteiger partial charge in [-0.2, -0.15) is 0 Å². The van der Waals surface area contributed by atoms with Gasteiger partial charge in [0, 0.05) is 0 Å². The van der Waals surface area contributed by atoms with E-state index in [1.54, 1.807) is 13.3 Å². The third kappa shape index (κ3) is 4.72. The van der Waals surface area contributed by atoms with Crippen LogP contribution in [0.25, 0.3) is 0 Å². The molecule has 0 aliphatic heterocycles. The van der Waals surface area contributed by atoms with Crippen LogP contribution in [0.4, 0.5) is 0 Å². The molecule has 1 aliphatic rings. The van der Waals surface area contributed by atoms with Gasteiger partial charge in [-0.3, -0.25) is 0 Å². The quantitative estimate of drug-likeness (QED) is 0.369. The maximum atomic E-state index is 4.90. The Kier molecular flexibility index (Phi) is 8.24.